The van der Waals surface area contributed by atoms with Gasteiger partial charge in [-0.3, -0.25) is 14.9 Å². The number of piperazine rings is 1. The number of carbonyl (C=O) groups is 2. The van der Waals surface area contributed by atoms with Crippen molar-refractivity contribution in [3.63, 3.8) is 0 Å². The molecule has 174 valence electrons. The van der Waals surface area contributed by atoms with Gasteiger partial charge in [0.15, 0.2) is 5.11 Å². The van der Waals surface area contributed by atoms with E-state index in [1.165, 1.54) is 0 Å². The Balaban J connectivity index is 1.30. The second-order valence-electron chi connectivity index (χ2n) is 8.03. The lowest BCUT2D eigenvalue weighted by Crippen LogP contribution is -2.48. The van der Waals surface area contributed by atoms with Crippen LogP contribution in [0.4, 0.5) is 11.4 Å². The van der Waals surface area contributed by atoms with E-state index in [2.05, 4.69) is 31.5 Å². The first-order chi connectivity index (χ1) is 16.4. The van der Waals surface area contributed by atoms with E-state index in [0.717, 1.165) is 35.6 Å². The van der Waals surface area contributed by atoms with E-state index in [1.807, 2.05) is 72.5 Å². The molecule has 0 atom stereocenters. The summed E-state index contributed by atoms with van der Waals surface area (Å²) in [5, 5.41) is 5.98. The molecule has 1 heterocycles. The Morgan fingerprint density at radius 2 is 1.47 bits per heavy atom. The van der Waals surface area contributed by atoms with E-state index in [9.17, 15) is 9.59 Å². The van der Waals surface area contributed by atoms with E-state index in [1.54, 1.807) is 12.1 Å². The average Bonchev–Trinajstić information content (AvgIpc) is 2.85. The van der Waals surface area contributed by atoms with Crippen LogP contribution in [0.3, 0.4) is 0 Å². The van der Waals surface area contributed by atoms with Crippen LogP contribution in [0.1, 0.15) is 26.3 Å². The number of aryl methyl sites for hydroxylation is 1. The summed E-state index contributed by atoms with van der Waals surface area (Å²) >= 11 is 8.67. The third-order valence-electron chi connectivity index (χ3n) is 5.78. The fourth-order valence-corrected chi connectivity index (χ4v) is 4.56. The third-order valence-corrected chi connectivity index (χ3v) is 6.67. The van der Waals surface area contributed by atoms with Crippen LogP contribution in [0.5, 0.6) is 0 Å². The highest BCUT2D eigenvalue weighted by Crippen LogP contribution is 2.21. The Morgan fingerprint density at radius 1 is 0.853 bits per heavy atom. The average molecular weight is 537 g/mol. The zero-order valence-corrected chi connectivity index (χ0v) is 21.2. The minimum Gasteiger partial charge on any atom is -0.368 e. The first-order valence-electron chi connectivity index (χ1n) is 11.0. The SMILES string of the molecule is Cc1ccccc1C(=O)N1CCN(c2ccc(NC(=S)NC(=O)c3ccccc3Br)cc2)CC1. The highest BCUT2D eigenvalue weighted by molar-refractivity contribution is 9.10. The fraction of sp³-hybridized carbons (Fsp3) is 0.192. The molecule has 0 aliphatic carbocycles. The van der Waals surface area contributed by atoms with E-state index >= 15 is 0 Å². The van der Waals surface area contributed by atoms with Crippen LogP contribution in [0.25, 0.3) is 0 Å². The molecule has 8 heteroatoms. The number of rotatable bonds is 4. The number of halogens is 1. The normalized spacial score (nSPS) is 13.4. The van der Waals surface area contributed by atoms with Gasteiger partial charge in [-0.25, -0.2) is 0 Å². The summed E-state index contributed by atoms with van der Waals surface area (Å²) in [6, 6.07) is 22.8. The van der Waals surface area contributed by atoms with Gasteiger partial charge in [0.1, 0.15) is 0 Å². The minimum absolute atomic E-state index is 0.0930. The first-order valence-corrected chi connectivity index (χ1v) is 12.2. The smallest absolute Gasteiger partial charge is 0.258 e. The molecule has 0 bridgehead atoms. The summed E-state index contributed by atoms with van der Waals surface area (Å²) in [4.78, 5) is 29.4. The Labute approximate surface area is 213 Å². The van der Waals surface area contributed by atoms with Crippen LogP contribution in [0, 0.1) is 6.92 Å². The van der Waals surface area contributed by atoms with Gasteiger partial charge < -0.3 is 15.1 Å². The van der Waals surface area contributed by atoms with Crippen molar-refractivity contribution in [1.29, 1.82) is 0 Å². The summed E-state index contributed by atoms with van der Waals surface area (Å²) in [6.07, 6.45) is 0. The molecule has 4 rings (SSSR count). The number of amides is 2. The molecule has 1 aliphatic heterocycles. The summed E-state index contributed by atoms with van der Waals surface area (Å²) < 4.78 is 0.709. The number of nitrogens with zero attached hydrogens (tertiary/aromatic N) is 2. The van der Waals surface area contributed by atoms with Crippen LogP contribution < -0.4 is 15.5 Å². The van der Waals surface area contributed by atoms with Gasteiger partial charge >= 0.3 is 0 Å². The molecular weight excluding hydrogens is 512 g/mol. The first kappa shape index (κ1) is 23.9. The lowest BCUT2D eigenvalue weighted by Gasteiger charge is -2.36. The van der Waals surface area contributed by atoms with Gasteiger partial charge in [0.25, 0.3) is 11.8 Å². The quantitative estimate of drug-likeness (QED) is 0.467. The van der Waals surface area contributed by atoms with Gasteiger partial charge in [0, 0.05) is 47.6 Å². The van der Waals surface area contributed by atoms with Crippen LogP contribution >= 0.6 is 28.1 Å². The maximum absolute atomic E-state index is 12.9. The van der Waals surface area contributed by atoms with Gasteiger partial charge in [-0.1, -0.05) is 30.3 Å². The fourth-order valence-electron chi connectivity index (χ4n) is 3.88. The number of thiocarbonyl (C=S) groups is 1. The second-order valence-corrected chi connectivity index (χ2v) is 9.29. The predicted octanol–water partition coefficient (Wildman–Crippen LogP) is 4.85. The largest absolute Gasteiger partial charge is 0.368 e. The molecule has 34 heavy (non-hydrogen) atoms. The summed E-state index contributed by atoms with van der Waals surface area (Å²) in [5.41, 5.74) is 4.16. The lowest BCUT2D eigenvalue weighted by atomic mass is 10.1. The molecule has 0 unspecified atom stereocenters. The van der Waals surface area contributed by atoms with Crippen molar-refractivity contribution in [3.05, 3.63) is 94.0 Å². The summed E-state index contributed by atoms with van der Waals surface area (Å²) in [5.74, 6) is -0.185. The molecule has 6 nitrogen and oxygen atoms in total. The molecule has 3 aromatic rings. The predicted molar refractivity (Wildman–Crippen MR) is 144 cm³/mol. The summed E-state index contributed by atoms with van der Waals surface area (Å²) in [7, 11) is 0. The molecule has 1 aliphatic rings. The highest BCUT2D eigenvalue weighted by Gasteiger charge is 2.23. The molecule has 0 spiro atoms. The Hall–Kier alpha value is -3.23. The highest BCUT2D eigenvalue weighted by atomic mass is 79.9. The van der Waals surface area contributed by atoms with Gasteiger partial charge in [-0.05, 0) is 83.1 Å². The van der Waals surface area contributed by atoms with E-state index in [-0.39, 0.29) is 16.9 Å². The number of hydrogen-bond donors (Lipinski definition) is 2. The Bertz CT molecular complexity index is 1210. The van der Waals surface area contributed by atoms with Gasteiger partial charge in [-0.2, -0.15) is 0 Å². The number of benzene rings is 3. The molecule has 0 saturated carbocycles. The van der Waals surface area contributed by atoms with Crippen molar-refractivity contribution in [2.75, 3.05) is 36.4 Å². The van der Waals surface area contributed by atoms with Crippen LogP contribution in [0.2, 0.25) is 0 Å². The maximum atomic E-state index is 12.9. The molecule has 2 amide bonds. The van der Waals surface area contributed by atoms with Crippen LogP contribution in [0.15, 0.2) is 77.3 Å². The Kier molecular flexibility index (Phi) is 7.59. The van der Waals surface area contributed by atoms with Crippen molar-refractivity contribution in [3.8, 4) is 0 Å². The number of nitrogens with one attached hydrogen (secondary N) is 2. The standard InChI is InChI=1S/C26H25BrN4O2S/c1-18-6-2-3-7-21(18)25(33)31-16-14-30(15-17-31)20-12-10-19(11-13-20)28-26(34)29-24(32)22-8-4-5-9-23(22)27/h2-13H,14-17H2,1H3,(H2,28,29,32,34). The van der Waals surface area contributed by atoms with Crippen molar-refractivity contribution < 1.29 is 9.59 Å². The molecule has 1 saturated heterocycles. The van der Waals surface area contributed by atoms with Gasteiger partial charge in [0.05, 0.1) is 5.56 Å². The summed E-state index contributed by atoms with van der Waals surface area (Å²) in [6.45, 7) is 4.86. The van der Waals surface area contributed by atoms with Crippen molar-refractivity contribution in [2.45, 2.75) is 6.92 Å². The van der Waals surface area contributed by atoms with E-state index in [0.29, 0.717) is 23.1 Å². The monoisotopic (exact) mass is 536 g/mol. The van der Waals surface area contributed by atoms with Crippen molar-refractivity contribution >= 4 is 56.4 Å². The van der Waals surface area contributed by atoms with E-state index in [4.69, 9.17) is 12.2 Å². The Morgan fingerprint density at radius 3 is 2.12 bits per heavy atom. The number of anilines is 2. The molecule has 2 N–H and O–H groups in total. The lowest BCUT2D eigenvalue weighted by molar-refractivity contribution is 0.0746. The molecule has 0 radical (unpaired) electrons. The topological polar surface area (TPSA) is 64.7 Å². The van der Waals surface area contributed by atoms with Crippen LogP contribution in [-0.2, 0) is 0 Å². The minimum atomic E-state index is -0.278. The molecule has 0 aromatic heterocycles. The maximum Gasteiger partial charge on any atom is 0.258 e. The van der Waals surface area contributed by atoms with Crippen molar-refractivity contribution in [1.82, 2.24) is 10.2 Å². The van der Waals surface area contributed by atoms with Crippen LogP contribution in [-0.4, -0.2) is 48.0 Å². The van der Waals surface area contributed by atoms with Crippen molar-refractivity contribution in [2.24, 2.45) is 0 Å². The second kappa shape index (κ2) is 10.8. The molecular formula is C26H25BrN4O2S. The van der Waals surface area contributed by atoms with Gasteiger partial charge in [-0.15, -0.1) is 0 Å². The third kappa shape index (κ3) is 5.63. The molecule has 1 fully saturated rings. The number of hydrogen-bond acceptors (Lipinski definition) is 4. The van der Waals surface area contributed by atoms with E-state index < -0.39 is 0 Å². The zero-order valence-electron chi connectivity index (χ0n) is 18.8. The zero-order chi connectivity index (χ0) is 24.1. The van der Waals surface area contributed by atoms with Gasteiger partial charge in [0.2, 0.25) is 0 Å². The number of carbonyl (C=O) groups excluding carboxylic acids is 2. The molecule has 3 aromatic carbocycles.